The number of ether oxygens (including phenoxy) is 4. The Labute approximate surface area is 588 Å². The van der Waals surface area contributed by atoms with Gasteiger partial charge in [0.2, 0.25) is 0 Å². The highest BCUT2D eigenvalue weighted by Crippen LogP contribution is 2.19. The maximum absolute atomic E-state index is 13.0. The number of quaternary nitrogens is 1. The highest BCUT2D eigenvalue weighted by molar-refractivity contribution is 5.71. The number of rotatable bonds is 75. The summed E-state index contributed by atoms with van der Waals surface area (Å²) < 4.78 is 23.1. The van der Waals surface area contributed by atoms with E-state index in [-0.39, 0.29) is 32.2 Å². The van der Waals surface area contributed by atoms with Crippen molar-refractivity contribution in [2.45, 2.75) is 386 Å². The van der Waals surface area contributed by atoms with Gasteiger partial charge in [0.25, 0.3) is 6.29 Å². The zero-order valence-corrected chi connectivity index (χ0v) is 63.1. The van der Waals surface area contributed by atoms with E-state index in [0.717, 1.165) is 96.3 Å². The predicted octanol–water partition coefficient (Wildman–Crippen LogP) is 25.9. The molecule has 1 N–H and O–H groups in total. The van der Waals surface area contributed by atoms with Gasteiger partial charge in [0, 0.05) is 12.8 Å². The second-order valence-corrected chi connectivity index (χ2v) is 28.4. The molecule has 9 nitrogen and oxygen atoms in total. The van der Waals surface area contributed by atoms with E-state index in [1.165, 1.54) is 250 Å². The SMILES string of the molecule is CC/C=C\C/C=C\C/C=C\C/C=C\C/C=C\C/C=C\C/C=C\C/C=C\CCCCCCCCCCCCCCC(=O)OC(COC(=O)CCCCCCCCCCCCCCCCCCCCCCCCCCCCCCCCCCC)COC(OCC[N+](C)(C)C)C(=O)O. The van der Waals surface area contributed by atoms with Crippen molar-refractivity contribution in [1.82, 2.24) is 0 Å². The molecule has 0 aliphatic carbocycles. The topological polar surface area (TPSA) is 108 Å². The van der Waals surface area contributed by atoms with E-state index in [1.54, 1.807) is 0 Å². The minimum atomic E-state index is -1.51. The van der Waals surface area contributed by atoms with Gasteiger partial charge in [-0.3, -0.25) is 9.59 Å². The number of likely N-dealkylation sites (N-methyl/N-ethyl adjacent to an activating group) is 1. The number of aliphatic carboxylic acids is 1. The number of carbonyl (C=O) groups excluding carboxylic acids is 2. The molecular weight excluding hydrogens is 1170 g/mol. The van der Waals surface area contributed by atoms with Gasteiger partial charge in [-0.15, -0.1) is 0 Å². The van der Waals surface area contributed by atoms with Crippen molar-refractivity contribution < 1.29 is 42.9 Å². The molecule has 0 radical (unpaired) electrons. The average Bonchev–Trinajstić information content (AvgIpc) is 3.75. The van der Waals surface area contributed by atoms with E-state index in [1.807, 2.05) is 21.1 Å². The molecule has 0 aromatic heterocycles. The van der Waals surface area contributed by atoms with Gasteiger partial charge in [0.15, 0.2) is 6.10 Å². The van der Waals surface area contributed by atoms with Gasteiger partial charge in [-0.05, 0) is 77.0 Å². The summed E-state index contributed by atoms with van der Waals surface area (Å²) in [6.07, 6.45) is 103. The number of esters is 2. The summed E-state index contributed by atoms with van der Waals surface area (Å²) in [6, 6.07) is 0. The molecule has 550 valence electrons. The lowest BCUT2D eigenvalue weighted by Gasteiger charge is -2.25. The Morgan fingerprint density at radius 2 is 0.600 bits per heavy atom. The molecule has 0 aliphatic rings. The molecule has 0 rings (SSSR count). The van der Waals surface area contributed by atoms with Crippen LogP contribution in [-0.4, -0.2) is 87.4 Å². The van der Waals surface area contributed by atoms with Gasteiger partial charge in [-0.2, -0.15) is 0 Å². The molecule has 0 heterocycles. The zero-order valence-electron chi connectivity index (χ0n) is 63.1. The highest BCUT2D eigenvalue weighted by atomic mass is 16.7. The Morgan fingerprint density at radius 1 is 0.326 bits per heavy atom. The van der Waals surface area contributed by atoms with Crippen LogP contribution in [0.25, 0.3) is 0 Å². The van der Waals surface area contributed by atoms with Crippen molar-refractivity contribution >= 4 is 17.9 Å². The fraction of sp³-hybridized carbons (Fsp3) is 0.779. The van der Waals surface area contributed by atoms with Crippen LogP contribution in [-0.2, 0) is 33.3 Å². The van der Waals surface area contributed by atoms with E-state index in [9.17, 15) is 19.5 Å². The largest absolute Gasteiger partial charge is 0.477 e. The molecule has 0 saturated heterocycles. The van der Waals surface area contributed by atoms with Gasteiger partial charge >= 0.3 is 17.9 Å². The second kappa shape index (κ2) is 76.0. The molecule has 0 aromatic carbocycles. The van der Waals surface area contributed by atoms with Gasteiger partial charge in [-0.1, -0.05) is 381 Å². The number of unbranched alkanes of at least 4 members (excludes halogenated alkanes) is 44. The quantitative estimate of drug-likeness (QED) is 0.0211. The number of carboxylic acids is 1. The van der Waals surface area contributed by atoms with Crippen molar-refractivity contribution in [3.63, 3.8) is 0 Å². The van der Waals surface area contributed by atoms with Crippen LogP contribution in [0.15, 0.2) is 97.2 Å². The molecule has 0 aromatic rings. The van der Waals surface area contributed by atoms with Crippen LogP contribution in [0, 0.1) is 0 Å². The third kappa shape index (κ3) is 77.4. The molecule has 2 atom stereocenters. The van der Waals surface area contributed by atoms with Crippen molar-refractivity contribution in [3.05, 3.63) is 97.2 Å². The van der Waals surface area contributed by atoms with Crippen LogP contribution in [0.3, 0.4) is 0 Å². The summed E-state index contributed by atoms with van der Waals surface area (Å²) >= 11 is 0. The van der Waals surface area contributed by atoms with E-state index < -0.39 is 24.3 Å². The van der Waals surface area contributed by atoms with Crippen molar-refractivity contribution in [3.8, 4) is 0 Å². The lowest BCUT2D eigenvalue weighted by atomic mass is 10.0. The fourth-order valence-electron chi connectivity index (χ4n) is 11.7. The molecule has 0 bridgehead atoms. The molecule has 0 spiro atoms. The highest BCUT2D eigenvalue weighted by Gasteiger charge is 2.25. The van der Waals surface area contributed by atoms with Crippen LogP contribution in [0.1, 0.15) is 373 Å². The molecule has 2 unspecified atom stereocenters. The number of nitrogens with zero attached hydrogens (tertiary/aromatic N) is 1. The second-order valence-electron chi connectivity index (χ2n) is 28.4. The summed E-state index contributed by atoms with van der Waals surface area (Å²) in [5.41, 5.74) is 0. The van der Waals surface area contributed by atoms with Crippen LogP contribution in [0.5, 0.6) is 0 Å². The Kier molecular flexibility index (Phi) is 72.9. The Balaban J connectivity index is 4.03. The standard InChI is InChI=1S/C86H153NO8/c1-6-8-10-12-14-16-18-20-22-24-26-28-30-32-34-36-38-40-41-42-43-45-47-49-51-53-55-57-59-61-63-65-67-69-71-73-75-77-84(89)95-82(81-94-86(85(90)91)92-79-78-87(3,4)5)80-93-83(88)76-74-72-70-68-66-64-62-60-58-56-54-52-50-48-46-44-39-37-35-33-31-29-27-25-23-21-19-17-15-13-11-9-7-2/h8,10,14,16,20,22,26,28,32,34,38,40,42-43,47,49,82,86H,6-7,9,11-13,15,17-19,21,23-25,27,29-31,33,35-37,39,41,44-46,48,50-81H2,1-5H3/p+1/b10-8-,16-14-,22-20-,28-26-,34-32-,40-38-,43-42-,49-47-. The van der Waals surface area contributed by atoms with E-state index >= 15 is 0 Å². The molecule has 0 fully saturated rings. The molecule has 95 heavy (non-hydrogen) atoms. The van der Waals surface area contributed by atoms with Gasteiger partial charge in [0.1, 0.15) is 13.2 Å². The monoisotopic (exact) mass is 1330 g/mol. The average molecular weight is 1330 g/mol. The van der Waals surface area contributed by atoms with Crippen molar-refractivity contribution in [1.29, 1.82) is 0 Å². The zero-order chi connectivity index (χ0) is 69.0. The first kappa shape index (κ1) is 91.2. The maximum atomic E-state index is 13.0. The van der Waals surface area contributed by atoms with E-state index in [0.29, 0.717) is 17.4 Å². The molecular formula is C86H154NO8+. The first-order chi connectivity index (χ1) is 46.6. The number of allylic oxidation sites excluding steroid dienone is 16. The molecule has 0 saturated carbocycles. The normalized spacial score (nSPS) is 13.1. The lowest BCUT2D eigenvalue weighted by Crippen LogP contribution is -2.40. The number of carboxylic acid groups (broad SMARTS) is 1. The third-order valence-electron chi connectivity index (χ3n) is 17.9. The van der Waals surface area contributed by atoms with Crippen LogP contribution in [0.2, 0.25) is 0 Å². The first-order valence-electron chi connectivity index (χ1n) is 40.4. The number of hydrogen-bond donors (Lipinski definition) is 1. The maximum Gasteiger partial charge on any atom is 0.361 e. The third-order valence-corrected chi connectivity index (χ3v) is 17.9. The van der Waals surface area contributed by atoms with Crippen LogP contribution < -0.4 is 0 Å². The van der Waals surface area contributed by atoms with E-state index in [4.69, 9.17) is 18.9 Å². The summed E-state index contributed by atoms with van der Waals surface area (Å²) in [5.74, 6) is -1.99. The lowest BCUT2D eigenvalue weighted by molar-refractivity contribution is -0.870. The molecule has 0 amide bonds. The predicted molar refractivity (Wildman–Crippen MR) is 410 cm³/mol. The Bertz CT molecular complexity index is 1890. The van der Waals surface area contributed by atoms with Gasteiger partial charge in [0.05, 0.1) is 34.4 Å². The molecule has 9 heteroatoms. The Hall–Kier alpha value is -3.79. The molecule has 0 aliphatic heterocycles. The summed E-state index contributed by atoms with van der Waals surface area (Å²) in [7, 11) is 5.99. The minimum absolute atomic E-state index is 0.182. The van der Waals surface area contributed by atoms with Crippen LogP contribution >= 0.6 is 0 Å². The summed E-state index contributed by atoms with van der Waals surface area (Å²) in [6.45, 7) is 4.81. The minimum Gasteiger partial charge on any atom is -0.477 e. The summed E-state index contributed by atoms with van der Waals surface area (Å²) in [5, 5.41) is 9.78. The van der Waals surface area contributed by atoms with Gasteiger partial charge < -0.3 is 28.5 Å². The fourth-order valence-corrected chi connectivity index (χ4v) is 11.7. The first-order valence-corrected chi connectivity index (χ1v) is 40.4. The summed E-state index contributed by atoms with van der Waals surface area (Å²) in [4.78, 5) is 37.7. The van der Waals surface area contributed by atoms with E-state index in [2.05, 4.69) is 111 Å². The van der Waals surface area contributed by atoms with Crippen LogP contribution in [0.4, 0.5) is 0 Å². The number of hydrogen-bond acceptors (Lipinski definition) is 7. The van der Waals surface area contributed by atoms with Gasteiger partial charge in [-0.25, -0.2) is 4.79 Å². The Morgan fingerprint density at radius 3 is 0.895 bits per heavy atom. The van der Waals surface area contributed by atoms with Crippen molar-refractivity contribution in [2.75, 3.05) is 47.5 Å². The van der Waals surface area contributed by atoms with Crippen molar-refractivity contribution in [2.24, 2.45) is 0 Å². The smallest absolute Gasteiger partial charge is 0.361 e. The number of carbonyl (C=O) groups is 3.